The standard InChI is InChI=1S/C13H27NO2/c1-4-5-9-14-10-7-6-8-11-16-13(15)12(2)3/h12,14H,4-11H2,1-3H3. The van der Waals surface area contributed by atoms with Gasteiger partial charge >= 0.3 is 5.97 Å². The third-order valence-electron chi connectivity index (χ3n) is 2.42. The molecule has 0 unspecified atom stereocenters. The molecule has 96 valence electrons. The minimum absolute atomic E-state index is 0.00397. The maximum atomic E-state index is 11.1. The van der Waals surface area contributed by atoms with E-state index in [9.17, 15) is 4.79 Å². The first-order chi connectivity index (χ1) is 7.68. The highest BCUT2D eigenvalue weighted by molar-refractivity contribution is 5.71. The quantitative estimate of drug-likeness (QED) is 0.462. The SMILES string of the molecule is CCCCNCCCCCOC(=O)C(C)C. The van der Waals surface area contributed by atoms with E-state index >= 15 is 0 Å². The maximum Gasteiger partial charge on any atom is 0.308 e. The fourth-order valence-electron chi connectivity index (χ4n) is 1.30. The molecular weight excluding hydrogens is 202 g/mol. The number of unbranched alkanes of at least 4 members (excludes halogenated alkanes) is 3. The minimum atomic E-state index is -0.0823. The zero-order valence-corrected chi connectivity index (χ0v) is 11.1. The van der Waals surface area contributed by atoms with Gasteiger partial charge in [0.15, 0.2) is 0 Å². The molecule has 0 aliphatic heterocycles. The van der Waals surface area contributed by atoms with E-state index in [0.717, 1.165) is 25.9 Å². The van der Waals surface area contributed by atoms with Crippen molar-refractivity contribution in [3.63, 3.8) is 0 Å². The molecule has 0 aromatic rings. The van der Waals surface area contributed by atoms with Crippen LogP contribution in [0.3, 0.4) is 0 Å². The number of esters is 1. The lowest BCUT2D eigenvalue weighted by molar-refractivity contribution is -0.147. The second kappa shape index (κ2) is 10.9. The lowest BCUT2D eigenvalue weighted by Crippen LogP contribution is -2.16. The smallest absolute Gasteiger partial charge is 0.308 e. The number of carbonyl (C=O) groups excluding carboxylic acids is 1. The summed E-state index contributed by atoms with van der Waals surface area (Å²) < 4.78 is 5.09. The first-order valence-corrected chi connectivity index (χ1v) is 6.55. The lowest BCUT2D eigenvalue weighted by atomic mass is 10.2. The van der Waals surface area contributed by atoms with Gasteiger partial charge in [-0.1, -0.05) is 27.2 Å². The van der Waals surface area contributed by atoms with E-state index in [1.807, 2.05) is 13.8 Å². The van der Waals surface area contributed by atoms with E-state index in [4.69, 9.17) is 4.74 Å². The molecule has 0 aliphatic carbocycles. The van der Waals surface area contributed by atoms with Crippen LogP contribution in [0.5, 0.6) is 0 Å². The maximum absolute atomic E-state index is 11.1. The topological polar surface area (TPSA) is 38.3 Å². The van der Waals surface area contributed by atoms with Gasteiger partial charge in [-0.25, -0.2) is 0 Å². The third-order valence-corrected chi connectivity index (χ3v) is 2.42. The summed E-state index contributed by atoms with van der Waals surface area (Å²) in [6, 6.07) is 0. The molecule has 0 bridgehead atoms. The van der Waals surface area contributed by atoms with Crippen molar-refractivity contribution in [1.82, 2.24) is 5.32 Å². The normalized spacial score (nSPS) is 10.8. The van der Waals surface area contributed by atoms with Gasteiger partial charge in [0.2, 0.25) is 0 Å². The van der Waals surface area contributed by atoms with Crippen LogP contribution in [-0.4, -0.2) is 25.7 Å². The lowest BCUT2D eigenvalue weighted by Gasteiger charge is -2.07. The summed E-state index contributed by atoms with van der Waals surface area (Å²) in [5, 5.41) is 3.40. The monoisotopic (exact) mass is 229 g/mol. The number of carbonyl (C=O) groups is 1. The summed E-state index contributed by atoms with van der Waals surface area (Å²) in [7, 11) is 0. The summed E-state index contributed by atoms with van der Waals surface area (Å²) >= 11 is 0. The molecule has 3 heteroatoms. The van der Waals surface area contributed by atoms with Crippen LogP contribution in [0.25, 0.3) is 0 Å². The molecular formula is C13H27NO2. The Morgan fingerprint density at radius 2 is 1.81 bits per heavy atom. The van der Waals surface area contributed by atoms with Gasteiger partial charge in [0.1, 0.15) is 0 Å². The van der Waals surface area contributed by atoms with Crippen LogP contribution in [0.1, 0.15) is 52.9 Å². The molecule has 0 aromatic heterocycles. The number of rotatable bonds is 10. The summed E-state index contributed by atoms with van der Waals surface area (Å²) in [5.41, 5.74) is 0. The Kier molecular flexibility index (Phi) is 10.5. The zero-order chi connectivity index (χ0) is 12.2. The van der Waals surface area contributed by atoms with Crippen LogP contribution in [0.15, 0.2) is 0 Å². The summed E-state index contributed by atoms with van der Waals surface area (Å²) in [6.45, 7) is 8.70. The van der Waals surface area contributed by atoms with Crippen LogP contribution in [0.4, 0.5) is 0 Å². The second-order valence-electron chi connectivity index (χ2n) is 4.49. The van der Waals surface area contributed by atoms with E-state index in [1.54, 1.807) is 0 Å². The molecule has 0 spiro atoms. The zero-order valence-electron chi connectivity index (χ0n) is 11.1. The molecule has 0 aromatic carbocycles. The Balaban J connectivity index is 3.07. The first-order valence-electron chi connectivity index (χ1n) is 6.55. The van der Waals surface area contributed by atoms with Crippen LogP contribution in [0, 0.1) is 5.92 Å². The Morgan fingerprint density at radius 1 is 1.12 bits per heavy atom. The molecule has 0 amide bonds. The molecule has 0 saturated carbocycles. The molecule has 0 aliphatic rings. The molecule has 0 saturated heterocycles. The predicted octanol–water partition coefficient (Wildman–Crippen LogP) is 2.75. The Bertz CT molecular complexity index is 169. The van der Waals surface area contributed by atoms with Crippen LogP contribution < -0.4 is 5.32 Å². The Hall–Kier alpha value is -0.570. The number of ether oxygens (including phenoxy) is 1. The highest BCUT2D eigenvalue weighted by Gasteiger charge is 2.06. The van der Waals surface area contributed by atoms with Crippen LogP contribution >= 0.6 is 0 Å². The minimum Gasteiger partial charge on any atom is -0.465 e. The largest absolute Gasteiger partial charge is 0.465 e. The molecule has 0 radical (unpaired) electrons. The molecule has 0 heterocycles. The van der Waals surface area contributed by atoms with Crippen molar-refractivity contribution < 1.29 is 9.53 Å². The van der Waals surface area contributed by atoms with E-state index in [1.165, 1.54) is 19.3 Å². The van der Waals surface area contributed by atoms with Crippen LogP contribution in [-0.2, 0) is 9.53 Å². The molecule has 1 N–H and O–H groups in total. The summed E-state index contributed by atoms with van der Waals surface area (Å²) in [5.74, 6) is -0.0863. The Labute approximate surface area is 99.9 Å². The third kappa shape index (κ3) is 9.97. The molecule has 3 nitrogen and oxygen atoms in total. The highest BCUT2D eigenvalue weighted by Crippen LogP contribution is 1.99. The number of hydrogen-bond donors (Lipinski definition) is 1. The molecule has 0 rings (SSSR count). The fourth-order valence-corrected chi connectivity index (χ4v) is 1.30. The average Bonchev–Trinajstić information content (AvgIpc) is 2.26. The van der Waals surface area contributed by atoms with Crippen molar-refractivity contribution in [2.75, 3.05) is 19.7 Å². The summed E-state index contributed by atoms with van der Waals surface area (Å²) in [6.07, 6.45) is 5.78. The van der Waals surface area contributed by atoms with Crippen molar-refractivity contribution in [3.05, 3.63) is 0 Å². The van der Waals surface area contributed by atoms with E-state index < -0.39 is 0 Å². The van der Waals surface area contributed by atoms with Gasteiger partial charge < -0.3 is 10.1 Å². The van der Waals surface area contributed by atoms with Gasteiger partial charge in [-0.2, -0.15) is 0 Å². The summed E-state index contributed by atoms with van der Waals surface area (Å²) in [4.78, 5) is 11.1. The van der Waals surface area contributed by atoms with Gasteiger partial charge in [-0.05, 0) is 38.8 Å². The van der Waals surface area contributed by atoms with E-state index in [0.29, 0.717) is 6.61 Å². The molecule has 16 heavy (non-hydrogen) atoms. The predicted molar refractivity (Wildman–Crippen MR) is 67.4 cm³/mol. The average molecular weight is 229 g/mol. The molecule has 0 atom stereocenters. The van der Waals surface area contributed by atoms with Crippen molar-refractivity contribution in [1.29, 1.82) is 0 Å². The van der Waals surface area contributed by atoms with Gasteiger partial charge in [0.25, 0.3) is 0 Å². The van der Waals surface area contributed by atoms with Gasteiger partial charge in [-0.3, -0.25) is 4.79 Å². The van der Waals surface area contributed by atoms with Crippen molar-refractivity contribution >= 4 is 5.97 Å². The van der Waals surface area contributed by atoms with Gasteiger partial charge in [-0.15, -0.1) is 0 Å². The van der Waals surface area contributed by atoms with Gasteiger partial charge in [0.05, 0.1) is 12.5 Å². The number of hydrogen-bond acceptors (Lipinski definition) is 3. The number of nitrogens with one attached hydrogen (secondary N) is 1. The van der Waals surface area contributed by atoms with Crippen LogP contribution in [0.2, 0.25) is 0 Å². The van der Waals surface area contributed by atoms with Gasteiger partial charge in [0, 0.05) is 0 Å². The molecule has 0 fully saturated rings. The van der Waals surface area contributed by atoms with Crippen molar-refractivity contribution in [2.45, 2.75) is 52.9 Å². The highest BCUT2D eigenvalue weighted by atomic mass is 16.5. The first kappa shape index (κ1) is 15.4. The van der Waals surface area contributed by atoms with E-state index in [-0.39, 0.29) is 11.9 Å². The van der Waals surface area contributed by atoms with Crippen molar-refractivity contribution in [2.24, 2.45) is 5.92 Å². The fraction of sp³-hybridized carbons (Fsp3) is 0.923. The van der Waals surface area contributed by atoms with Crippen molar-refractivity contribution in [3.8, 4) is 0 Å². The van der Waals surface area contributed by atoms with E-state index in [2.05, 4.69) is 12.2 Å². The Morgan fingerprint density at radius 3 is 2.44 bits per heavy atom. The second-order valence-corrected chi connectivity index (χ2v) is 4.49.